The summed E-state index contributed by atoms with van der Waals surface area (Å²) in [6.07, 6.45) is 0.435. The summed E-state index contributed by atoms with van der Waals surface area (Å²) in [7, 11) is 1.57. The topological polar surface area (TPSA) is 77.7 Å². The van der Waals surface area contributed by atoms with Crippen LogP contribution in [0.5, 0.6) is 11.5 Å². The van der Waals surface area contributed by atoms with Crippen LogP contribution in [0.2, 0.25) is 5.02 Å². The number of methoxy groups -OCH3 is 1. The Morgan fingerprint density at radius 2 is 2.11 bits per heavy atom. The molecule has 4 rings (SSSR count). The average molecular weight is 386 g/mol. The van der Waals surface area contributed by atoms with Crippen molar-refractivity contribution in [3.05, 3.63) is 64.8 Å². The van der Waals surface area contributed by atoms with Gasteiger partial charge in [0.05, 0.1) is 30.8 Å². The van der Waals surface area contributed by atoms with Gasteiger partial charge in [-0.05, 0) is 29.8 Å². The van der Waals surface area contributed by atoms with Crippen LogP contribution in [0.15, 0.2) is 47.0 Å². The van der Waals surface area contributed by atoms with Crippen LogP contribution >= 0.6 is 11.6 Å². The van der Waals surface area contributed by atoms with Gasteiger partial charge < -0.3 is 14.0 Å². The molecule has 0 aliphatic carbocycles. The first-order valence-electron chi connectivity index (χ1n) is 8.30. The van der Waals surface area contributed by atoms with Crippen molar-refractivity contribution >= 4 is 23.2 Å². The number of anilines is 1. The van der Waals surface area contributed by atoms with Crippen LogP contribution in [0.25, 0.3) is 0 Å². The first-order chi connectivity index (χ1) is 13.1. The Bertz CT molecular complexity index is 989. The Morgan fingerprint density at radius 3 is 2.93 bits per heavy atom. The summed E-state index contributed by atoms with van der Waals surface area (Å²) < 4.78 is 15.9. The molecule has 138 valence electrons. The second-order valence-electron chi connectivity index (χ2n) is 5.99. The molecule has 0 radical (unpaired) electrons. The zero-order valence-electron chi connectivity index (χ0n) is 14.5. The summed E-state index contributed by atoms with van der Waals surface area (Å²) in [5, 5.41) is 4.51. The van der Waals surface area contributed by atoms with Crippen LogP contribution in [0.3, 0.4) is 0 Å². The molecular weight excluding hydrogens is 370 g/mol. The van der Waals surface area contributed by atoms with Gasteiger partial charge in [-0.1, -0.05) is 35.0 Å². The Hall–Kier alpha value is -3.06. The molecule has 1 aliphatic heterocycles. The van der Waals surface area contributed by atoms with E-state index in [0.717, 1.165) is 5.56 Å². The number of aromatic nitrogens is 2. The Balaban J connectivity index is 1.50. The van der Waals surface area contributed by atoms with Crippen molar-refractivity contribution in [1.82, 2.24) is 10.1 Å². The number of fused-ring (bicyclic) bond motifs is 1. The highest BCUT2D eigenvalue weighted by atomic mass is 35.5. The van der Waals surface area contributed by atoms with Crippen LogP contribution < -0.4 is 14.4 Å². The fourth-order valence-electron chi connectivity index (χ4n) is 2.89. The molecule has 1 aliphatic rings. The van der Waals surface area contributed by atoms with Gasteiger partial charge in [-0.15, -0.1) is 0 Å². The Labute approximate surface area is 160 Å². The number of hydrogen-bond acceptors (Lipinski definition) is 6. The van der Waals surface area contributed by atoms with Crippen molar-refractivity contribution in [3.8, 4) is 11.5 Å². The molecule has 2 heterocycles. The zero-order valence-corrected chi connectivity index (χ0v) is 15.3. The van der Waals surface area contributed by atoms with Crippen LogP contribution in [-0.4, -0.2) is 29.8 Å². The standard InChI is InChI=1S/C19H16ClN3O4/c1-25-15-7-6-12(8-13(15)20)9-18-21-17(22-27-18)10-23-14-4-2-3-5-16(14)26-11-19(23)24/h2-8H,9-11H2,1H3. The number of rotatable bonds is 5. The third-order valence-corrected chi connectivity index (χ3v) is 4.48. The minimum atomic E-state index is -0.151. The highest BCUT2D eigenvalue weighted by Gasteiger charge is 2.26. The molecule has 0 N–H and O–H groups in total. The van der Waals surface area contributed by atoms with Gasteiger partial charge in [0.1, 0.15) is 11.5 Å². The molecule has 0 saturated carbocycles. The maximum atomic E-state index is 12.2. The van der Waals surface area contributed by atoms with Crippen molar-refractivity contribution < 1.29 is 18.8 Å². The van der Waals surface area contributed by atoms with Crippen LogP contribution in [-0.2, 0) is 17.8 Å². The van der Waals surface area contributed by atoms with Gasteiger partial charge >= 0.3 is 0 Å². The number of ether oxygens (including phenoxy) is 2. The number of carbonyl (C=O) groups excluding carboxylic acids is 1. The Kier molecular flexibility index (Phi) is 4.68. The smallest absolute Gasteiger partial charge is 0.265 e. The summed E-state index contributed by atoms with van der Waals surface area (Å²) in [4.78, 5) is 18.2. The van der Waals surface area contributed by atoms with Gasteiger partial charge in [0, 0.05) is 0 Å². The molecule has 1 aromatic heterocycles. The van der Waals surface area contributed by atoms with Gasteiger partial charge in [-0.25, -0.2) is 0 Å². The van der Waals surface area contributed by atoms with Crippen LogP contribution in [0, 0.1) is 0 Å². The third-order valence-electron chi connectivity index (χ3n) is 4.19. The fourth-order valence-corrected chi connectivity index (χ4v) is 3.17. The summed E-state index contributed by atoms with van der Waals surface area (Å²) in [6.45, 7) is 0.206. The summed E-state index contributed by atoms with van der Waals surface area (Å²) >= 11 is 6.15. The molecule has 0 spiro atoms. The number of amides is 1. The van der Waals surface area contributed by atoms with E-state index in [9.17, 15) is 4.79 Å². The van der Waals surface area contributed by atoms with E-state index in [2.05, 4.69) is 10.1 Å². The lowest BCUT2D eigenvalue weighted by Gasteiger charge is -2.28. The SMILES string of the molecule is COc1ccc(Cc2nc(CN3C(=O)COc4ccccc43)no2)cc1Cl. The van der Waals surface area contributed by atoms with Crippen LogP contribution in [0.1, 0.15) is 17.3 Å². The maximum absolute atomic E-state index is 12.2. The van der Waals surface area contributed by atoms with Crippen molar-refractivity contribution in [1.29, 1.82) is 0 Å². The zero-order chi connectivity index (χ0) is 18.8. The monoisotopic (exact) mass is 385 g/mol. The average Bonchev–Trinajstić information content (AvgIpc) is 3.11. The predicted octanol–water partition coefficient (Wildman–Crippen LogP) is 3.25. The van der Waals surface area contributed by atoms with E-state index in [1.165, 1.54) is 0 Å². The normalized spacial score (nSPS) is 13.3. The number of hydrogen-bond donors (Lipinski definition) is 0. The van der Waals surface area contributed by atoms with E-state index in [4.69, 9.17) is 25.6 Å². The molecule has 0 unspecified atom stereocenters. The van der Waals surface area contributed by atoms with E-state index in [-0.39, 0.29) is 19.1 Å². The van der Waals surface area contributed by atoms with Crippen molar-refractivity contribution in [2.24, 2.45) is 0 Å². The predicted molar refractivity (Wildman–Crippen MR) is 98.2 cm³/mol. The van der Waals surface area contributed by atoms with Gasteiger partial charge in [0.25, 0.3) is 5.91 Å². The number of benzene rings is 2. The highest BCUT2D eigenvalue weighted by Crippen LogP contribution is 2.32. The lowest BCUT2D eigenvalue weighted by molar-refractivity contribution is -0.121. The minimum absolute atomic E-state index is 0.00787. The van der Waals surface area contributed by atoms with E-state index in [0.29, 0.717) is 40.3 Å². The molecule has 1 amide bonds. The molecule has 7 nitrogen and oxygen atoms in total. The largest absolute Gasteiger partial charge is 0.495 e. The maximum Gasteiger partial charge on any atom is 0.265 e. The number of para-hydroxylation sites is 2. The molecule has 0 bridgehead atoms. The molecule has 8 heteroatoms. The van der Waals surface area contributed by atoms with Gasteiger partial charge in [-0.2, -0.15) is 4.98 Å². The van der Waals surface area contributed by atoms with E-state index in [1.54, 1.807) is 24.1 Å². The summed E-state index contributed by atoms with van der Waals surface area (Å²) in [6, 6.07) is 12.8. The van der Waals surface area contributed by atoms with E-state index >= 15 is 0 Å². The van der Waals surface area contributed by atoms with Gasteiger partial charge in [-0.3, -0.25) is 9.69 Å². The molecule has 0 fully saturated rings. The number of nitrogens with zero attached hydrogens (tertiary/aromatic N) is 3. The summed E-state index contributed by atoms with van der Waals surface area (Å²) in [5.74, 6) is 1.99. The highest BCUT2D eigenvalue weighted by molar-refractivity contribution is 6.32. The number of carbonyl (C=O) groups is 1. The molecule has 0 saturated heterocycles. The Morgan fingerprint density at radius 1 is 1.26 bits per heavy atom. The van der Waals surface area contributed by atoms with E-state index < -0.39 is 0 Å². The first kappa shape index (κ1) is 17.4. The molecule has 27 heavy (non-hydrogen) atoms. The summed E-state index contributed by atoms with van der Waals surface area (Å²) in [5.41, 5.74) is 1.62. The van der Waals surface area contributed by atoms with Gasteiger partial charge in [0.2, 0.25) is 5.89 Å². The van der Waals surface area contributed by atoms with Crippen LogP contribution in [0.4, 0.5) is 5.69 Å². The van der Waals surface area contributed by atoms with Gasteiger partial charge in [0.15, 0.2) is 12.4 Å². The lowest BCUT2D eigenvalue weighted by atomic mass is 10.1. The second-order valence-corrected chi connectivity index (χ2v) is 6.39. The molecule has 2 aromatic carbocycles. The fraction of sp³-hybridized carbons (Fsp3) is 0.211. The first-order valence-corrected chi connectivity index (χ1v) is 8.68. The third kappa shape index (κ3) is 3.59. The lowest BCUT2D eigenvalue weighted by Crippen LogP contribution is -2.38. The molecule has 0 atom stereocenters. The van der Waals surface area contributed by atoms with Crippen molar-refractivity contribution in [2.45, 2.75) is 13.0 Å². The van der Waals surface area contributed by atoms with E-state index in [1.807, 2.05) is 30.3 Å². The molecule has 3 aromatic rings. The quantitative estimate of drug-likeness (QED) is 0.671. The number of halogens is 1. The minimum Gasteiger partial charge on any atom is -0.495 e. The molecular formula is C19H16ClN3O4. The second kappa shape index (κ2) is 7.28. The van der Waals surface area contributed by atoms with Crippen molar-refractivity contribution in [3.63, 3.8) is 0 Å². The van der Waals surface area contributed by atoms with Crippen molar-refractivity contribution in [2.75, 3.05) is 18.6 Å².